The number of benzene rings is 1. The Morgan fingerprint density at radius 3 is 2.40 bits per heavy atom. The quantitative estimate of drug-likeness (QED) is 0.876. The van der Waals surface area contributed by atoms with Crippen molar-refractivity contribution in [1.82, 2.24) is 9.88 Å². The van der Waals surface area contributed by atoms with Crippen LogP contribution in [0.5, 0.6) is 0 Å². The van der Waals surface area contributed by atoms with Gasteiger partial charge in [0.25, 0.3) is 0 Å². The Labute approximate surface area is 121 Å². The summed E-state index contributed by atoms with van der Waals surface area (Å²) in [7, 11) is 2.12. The van der Waals surface area contributed by atoms with Crippen molar-refractivity contribution < 1.29 is 0 Å². The van der Waals surface area contributed by atoms with E-state index in [0.717, 1.165) is 18.8 Å². The molecule has 0 aliphatic heterocycles. The molecule has 0 saturated heterocycles. The molecule has 0 bridgehead atoms. The molecule has 1 aromatic heterocycles. The van der Waals surface area contributed by atoms with E-state index >= 15 is 0 Å². The van der Waals surface area contributed by atoms with Gasteiger partial charge in [0.05, 0.1) is 5.69 Å². The van der Waals surface area contributed by atoms with E-state index in [-0.39, 0.29) is 5.41 Å². The van der Waals surface area contributed by atoms with Gasteiger partial charge in [0.2, 0.25) is 0 Å². The summed E-state index contributed by atoms with van der Waals surface area (Å²) in [4.78, 5) is 6.65. The first-order chi connectivity index (χ1) is 9.64. The summed E-state index contributed by atoms with van der Waals surface area (Å²) < 4.78 is 0. The molecule has 3 heteroatoms. The van der Waals surface area contributed by atoms with Crippen LogP contribution in [-0.4, -0.2) is 30.0 Å². The van der Waals surface area contributed by atoms with Crippen LogP contribution in [0.4, 0.5) is 0 Å². The summed E-state index contributed by atoms with van der Waals surface area (Å²) in [6.45, 7) is 4.59. The van der Waals surface area contributed by atoms with Crippen molar-refractivity contribution in [2.24, 2.45) is 5.73 Å². The van der Waals surface area contributed by atoms with Crippen LogP contribution in [0.2, 0.25) is 0 Å². The minimum Gasteiger partial charge on any atom is -0.330 e. The molecule has 0 spiro atoms. The van der Waals surface area contributed by atoms with E-state index in [2.05, 4.69) is 54.2 Å². The normalized spacial score (nSPS) is 14.2. The first-order valence-corrected chi connectivity index (χ1v) is 6.98. The highest BCUT2D eigenvalue weighted by atomic mass is 15.1. The number of hydrogen-bond donors (Lipinski definition) is 1. The molecule has 0 amide bonds. The minimum atomic E-state index is -0.0369. The largest absolute Gasteiger partial charge is 0.330 e. The second-order valence-electron chi connectivity index (χ2n) is 5.62. The van der Waals surface area contributed by atoms with E-state index in [1.165, 1.54) is 5.56 Å². The maximum atomic E-state index is 6.04. The van der Waals surface area contributed by atoms with E-state index in [9.17, 15) is 0 Å². The third kappa shape index (κ3) is 3.65. The Balaban J connectivity index is 2.06. The van der Waals surface area contributed by atoms with Crippen LogP contribution in [0.25, 0.3) is 0 Å². The second-order valence-corrected chi connectivity index (χ2v) is 5.62. The third-order valence-corrected chi connectivity index (χ3v) is 3.70. The number of rotatable bonds is 6. The zero-order valence-electron chi connectivity index (χ0n) is 12.3. The molecular formula is C17H23N3. The average Bonchev–Trinajstić information content (AvgIpc) is 2.49. The van der Waals surface area contributed by atoms with E-state index in [0.29, 0.717) is 6.54 Å². The highest BCUT2D eigenvalue weighted by Crippen LogP contribution is 2.23. The lowest BCUT2D eigenvalue weighted by Crippen LogP contribution is -2.42. The molecule has 0 aliphatic carbocycles. The maximum Gasteiger partial charge on any atom is 0.0543 e. The first kappa shape index (κ1) is 14.7. The molecule has 2 rings (SSSR count). The predicted octanol–water partition coefficient (Wildman–Crippen LogP) is 2.43. The number of nitrogens with zero attached hydrogens (tertiary/aromatic N) is 2. The lowest BCUT2D eigenvalue weighted by Gasteiger charge is -2.33. The SMILES string of the molecule is CN(Cc1ccccn1)CC(C)(CN)c1ccccc1. The standard InChI is InChI=1S/C17H23N3/c1-17(13-18,15-8-4-3-5-9-15)14-20(2)12-16-10-6-7-11-19-16/h3-11H,12-14,18H2,1-2H3. The van der Waals surface area contributed by atoms with Crippen LogP contribution in [0.15, 0.2) is 54.7 Å². The summed E-state index contributed by atoms with van der Waals surface area (Å²) in [5, 5.41) is 0. The Hall–Kier alpha value is -1.71. The summed E-state index contributed by atoms with van der Waals surface area (Å²) >= 11 is 0. The minimum absolute atomic E-state index is 0.0369. The molecule has 0 aliphatic rings. The molecule has 1 aromatic carbocycles. The number of nitrogens with two attached hydrogens (primary N) is 1. The lowest BCUT2D eigenvalue weighted by molar-refractivity contribution is 0.250. The zero-order chi connectivity index (χ0) is 14.4. The van der Waals surface area contributed by atoms with Crippen molar-refractivity contribution in [3.8, 4) is 0 Å². The van der Waals surface area contributed by atoms with Gasteiger partial charge < -0.3 is 5.73 Å². The first-order valence-electron chi connectivity index (χ1n) is 6.98. The Bertz CT molecular complexity index is 512. The van der Waals surface area contributed by atoms with Gasteiger partial charge in [0, 0.05) is 31.2 Å². The Kier molecular flexibility index (Phi) is 4.88. The summed E-state index contributed by atoms with van der Waals surface area (Å²) in [6.07, 6.45) is 1.84. The molecule has 2 aromatic rings. The van der Waals surface area contributed by atoms with Crippen molar-refractivity contribution in [3.63, 3.8) is 0 Å². The molecule has 1 atom stereocenters. The fourth-order valence-corrected chi connectivity index (χ4v) is 2.53. The van der Waals surface area contributed by atoms with E-state index in [1.807, 2.05) is 24.4 Å². The lowest BCUT2D eigenvalue weighted by atomic mass is 9.82. The molecule has 0 radical (unpaired) electrons. The third-order valence-electron chi connectivity index (χ3n) is 3.70. The van der Waals surface area contributed by atoms with Gasteiger partial charge in [-0.3, -0.25) is 9.88 Å². The van der Waals surface area contributed by atoms with E-state index in [1.54, 1.807) is 0 Å². The van der Waals surface area contributed by atoms with Crippen molar-refractivity contribution in [3.05, 3.63) is 66.0 Å². The predicted molar refractivity (Wildman–Crippen MR) is 83.4 cm³/mol. The van der Waals surface area contributed by atoms with Crippen molar-refractivity contribution in [1.29, 1.82) is 0 Å². The summed E-state index contributed by atoms with van der Waals surface area (Å²) in [6, 6.07) is 16.5. The van der Waals surface area contributed by atoms with Gasteiger partial charge in [-0.15, -0.1) is 0 Å². The smallest absolute Gasteiger partial charge is 0.0543 e. The van der Waals surface area contributed by atoms with Crippen LogP contribution in [0.1, 0.15) is 18.2 Å². The molecular weight excluding hydrogens is 246 g/mol. The molecule has 1 heterocycles. The van der Waals surface area contributed by atoms with Crippen molar-refractivity contribution >= 4 is 0 Å². The number of aromatic nitrogens is 1. The fourth-order valence-electron chi connectivity index (χ4n) is 2.53. The van der Waals surface area contributed by atoms with Gasteiger partial charge in [0.15, 0.2) is 0 Å². The maximum absolute atomic E-state index is 6.04. The summed E-state index contributed by atoms with van der Waals surface area (Å²) in [5.74, 6) is 0. The highest BCUT2D eigenvalue weighted by molar-refractivity contribution is 5.25. The second kappa shape index (κ2) is 6.64. The van der Waals surface area contributed by atoms with E-state index in [4.69, 9.17) is 5.73 Å². The van der Waals surface area contributed by atoms with Crippen molar-refractivity contribution in [2.75, 3.05) is 20.1 Å². The van der Waals surface area contributed by atoms with Crippen LogP contribution in [0.3, 0.4) is 0 Å². The molecule has 3 nitrogen and oxygen atoms in total. The van der Waals surface area contributed by atoms with Gasteiger partial charge in [-0.1, -0.05) is 43.3 Å². The molecule has 20 heavy (non-hydrogen) atoms. The molecule has 0 saturated carbocycles. The van der Waals surface area contributed by atoms with E-state index < -0.39 is 0 Å². The Morgan fingerprint density at radius 2 is 1.80 bits per heavy atom. The average molecular weight is 269 g/mol. The topological polar surface area (TPSA) is 42.2 Å². The number of likely N-dealkylation sites (N-methyl/N-ethyl adjacent to an activating group) is 1. The van der Waals surface area contributed by atoms with Gasteiger partial charge in [-0.2, -0.15) is 0 Å². The number of pyridine rings is 1. The molecule has 2 N–H and O–H groups in total. The highest BCUT2D eigenvalue weighted by Gasteiger charge is 2.26. The van der Waals surface area contributed by atoms with Crippen molar-refractivity contribution in [2.45, 2.75) is 18.9 Å². The van der Waals surface area contributed by atoms with Crippen LogP contribution >= 0.6 is 0 Å². The van der Waals surface area contributed by atoms with Crippen LogP contribution < -0.4 is 5.73 Å². The zero-order valence-corrected chi connectivity index (χ0v) is 12.3. The molecule has 1 unspecified atom stereocenters. The van der Waals surface area contributed by atoms with Crippen LogP contribution in [0, 0.1) is 0 Å². The van der Waals surface area contributed by atoms with Gasteiger partial charge >= 0.3 is 0 Å². The monoisotopic (exact) mass is 269 g/mol. The van der Waals surface area contributed by atoms with Crippen LogP contribution in [-0.2, 0) is 12.0 Å². The van der Waals surface area contributed by atoms with Gasteiger partial charge in [-0.05, 0) is 24.7 Å². The Morgan fingerprint density at radius 1 is 1.10 bits per heavy atom. The van der Waals surface area contributed by atoms with Gasteiger partial charge in [-0.25, -0.2) is 0 Å². The molecule has 0 fully saturated rings. The molecule has 106 valence electrons. The fraction of sp³-hybridized carbons (Fsp3) is 0.353. The van der Waals surface area contributed by atoms with Gasteiger partial charge in [0.1, 0.15) is 0 Å². The summed E-state index contributed by atoms with van der Waals surface area (Å²) in [5.41, 5.74) is 8.37. The number of hydrogen-bond acceptors (Lipinski definition) is 3.